The second-order valence-electron chi connectivity index (χ2n) is 7.62. The third-order valence-corrected chi connectivity index (χ3v) is 5.35. The molecule has 31 heavy (non-hydrogen) atoms. The van der Waals surface area contributed by atoms with E-state index in [-0.39, 0.29) is 18.2 Å². The highest BCUT2D eigenvalue weighted by molar-refractivity contribution is 5.88. The smallest absolute Gasteiger partial charge is 0.312 e. The molecule has 7 nitrogen and oxygen atoms in total. The van der Waals surface area contributed by atoms with Gasteiger partial charge in [-0.1, -0.05) is 42.5 Å². The molecule has 164 valence electrons. The number of likely N-dealkylation sites (tertiary alicyclic amines) is 1. The Morgan fingerprint density at radius 2 is 1.81 bits per heavy atom. The van der Waals surface area contributed by atoms with Crippen molar-refractivity contribution < 1.29 is 23.9 Å². The Bertz CT molecular complexity index is 898. The average Bonchev–Trinajstić information content (AvgIpc) is 3.17. The van der Waals surface area contributed by atoms with Gasteiger partial charge in [-0.25, -0.2) is 0 Å². The molecule has 7 heteroatoms. The fraction of sp³-hybridized carbons (Fsp3) is 0.375. The van der Waals surface area contributed by atoms with Crippen LogP contribution in [0.1, 0.15) is 24.5 Å². The first-order chi connectivity index (χ1) is 15.0. The van der Waals surface area contributed by atoms with Crippen molar-refractivity contribution in [3.8, 4) is 5.75 Å². The van der Waals surface area contributed by atoms with Crippen LogP contribution >= 0.6 is 0 Å². The molecule has 1 heterocycles. The lowest BCUT2D eigenvalue weighted by Gasteiger charge is -2.18. The molecule has 2 amide bonds. The van der Waals surface area contributed by atoms with E-state index in [0.29, 0.717) is 19.6 Å². The predicted octanol–water partition coefficient (Wildman–Crippen LogP) is 2.33. The van der Waals surface area contributed by atoms with Gasteiger partial charge in [0.1, 0.15) is 5.75 Å². The second-order valence-corrected chi connectivity index (χ2v) is 7.62. The van der Waals surface area contributed by atoms with E-state index in [1.807, 2.05) is 54.6 Å². The van der Waals surface area contributed by atoms with Crippen molar-refractivity contribution in [2.45, 2.75) is 32.4 Å². The third kappa shape index (κ3) is 6.31. The number of hydrogen-bond donors (Lipinski definition) is 1. The zero-order valence-corrected chi connectivity index (χ0v) is 17.9. The largest absolute Gasteiger partial charge is 0.497 e. The SMILES string of the molecule is COc1ccc(CNC(=O)[C@@H](C)OC(=O)[C@@H]2CC(=O)N(CCc3ccccc3)C2)cc1. The summed E-state index contributed by atoms with van der Waals surface area (Å²) < 4.78 is 10.4. The van der Waals surface area contributed by atoms with Gasteiger partial charge in [-0.15, -0.1) is 0 Å². The Hall–Kier alpha value is -3.35. The number of nitrogens with one attached hydrogen (secondary N) is 1. The van der Waals surface area contributed by atoms with Crippen molar-refractivity contribution in [2.75, 3.05) is 20.2 Å². The lowest BCUT2D eigenvalue weighted by Crippen LogP contribution is -2.37. The first kappa shape index (κ1) is 22.3. The van der Waals surface area contributed by atoms with E-state index in [1.165, 1.54) is 6.92 Å². The zero-order chi connectivity index (χ0) is 22.2. The molecule has 2 aromatic carbocycles. The Morgan fingerprint density at radius 3 is 2.48 bits per heavy atom. The second kappa shape index (κ2) is 10.6. The Kier molecular flexibility index (Phi) is 7.65. The van der Waals surface area contributed by atoms with Crippen molar-refractivity contribution in [1.82, 2.24) is 10.2 Å². The van der Waals surface area contributed by atoms with Crippen molar-refractivity contribution in [3.63, 3.8) is 0 Å². The Balaban J connectivity index is 1.43. The molecule has 2 atom stereocenters. The average molecular weight is 424 g/mol. The van der Waals surface area contributed by atoms with Crippen LogP contribution in [0.3, 0.4) is 0 Å². The molecular formula is C24H28N2O5. The summed E-state index contributed by atoms with van der Waals surface area (Å²) in [7, 11) is 1.59. The quantitative estimate of drug-likeness (QED) is 0.625. The molecular weight excluding hydrogens is 396 g/mol. The molecule has 1 saturated heterocycles. The van der Waals surface area contributed by atoms with Crippen LogP contribution in [0.15, 0.2) is 54.6 Å². The highest BCUT2D eigenvalue weighted by Crippen LogP contribution is 2.20. The minimum Gasteiger partial charge on any atom is -0.497 e. The molecule has 3 rings (SSSR count). The van der Waals surface area contributed by atoms with Crippen LogP contribution in [0, 0.1) is 5.92 Å². The van der Waals surface area contributed by atoms with Crippen molar-refractivity contribution >= 4 is 17.8 Å². The monoisotopic (exact) mass is 424 g/mol. The maximum absolute atomic E-state index is 12.5. The van der Waals surface area contributed by atoms with Gasteiger partial charge in [-0.05, 0) is 36.6 Å². The minimum atomic E-state index is -0.931. The molecule has 1 aliphatic heterocycles. The number of benzene rings is 2. The molecule has 0 unspecified atom stereocenters. The van der Waals surface area contributed by atoms with Crippen molar-refractivity contribution in [2.24, 2.45) is 5.92 Å². The number of rotatable bonds is 9. The van der Waals surface area contributed by atoms with E-state index < -0.39 is 18.0 Å². The molecule has 0 aromatic heterocycles. The number of carbonyl (C=O) groups excluding carboxylic acids is 3. The summed E-state index contributed by atoms with van der Waals surface area (Å²) in [5, 5.41) is 2.75. The van der Waals surface area contributed by atoms with Gasteiger partial charge >= 0.3 is 5.97 Å². The lowest BCUT2D eigenvalue weighted by atomic mass is 10.1. The van der Waals surface area contributed by atoms with Crippen LogP contribution in [0.5, 0.6) is 5.75 Å². The predicted molar refractivity (Wildman–Crippen MR) is 115 cm³/mol. The van der Waals surface area contributed by atoms with Gasteiger partial charge in [0.05, 0.1) is 13.0 Å². The molecule has 0 saturated carbocycles. The number of carbonyl (C=O) groups is 3. The summed E-state index contributed by atoms with van der Waals surface area (Å²) >= 11 is 0. The van der Waals surface area contributed by atoms with E-state index in [4.69, 9.17) is 9.47 Å². The van der Waals surface area contributed by atoms with Crippen LogP contribution in [0.2, 0.25) is 0 Å². The summed E-state index contributed by atoms with van der Waals surface area (Å²) in [6.07, 6.45) is -0.0778. The standard InChI is InChI=1S/C24H28N2O5/c1-17(23(28)25-15-19-8-10-21(30-2)11-9-19)31-24(29)20-14-22(27)26(16-20)13-12-18-6-4-3-5-7-18/h3-11,17,20H,12-16H2,1-2H3,(H,25,28)/t17-,20-/m1/s1. The first-order valence-corrected chi connectivity index (χ1v) is 10.4. The molecule has 1 aliphatic rings. The minimum absolute atomic E-state index is 0.0607. The number of ether oxygens (including phenoxy) is 2. The van der Waals surface area contributed by atoms with Gasteiger partial charge in [0.15, 0.2) is 6.10 Å². The summed E-state index contributed by atoms with van der Waals surface area (Å²) in [6, 6.07) is 17.2. The van der Waals surface area contributed by atoms with E-state index in [1.54, 1.807) is 12.0 Å². The number of amides is 2. The van der Waals surface area contributed by atoms with Gasteiger partial charge in [-0.2, -0.15) is 0 Å². The molecule has 2 aromatic rings. The fourth-order valence-corrected chi connectivity index (χ4v) is 3.46. The number of methoxy groups -OCH3 is 1. The highest BCUT2D eigenvalue weighted by atomic mass is 16.5. The normalized spacial score (nSPS) is 16.6. The Labute approximate surface area is 182 Å². The summed E-state index contributed by atoms with van der Waals surface area (Å²) in [4.78, 5) is 38.7. The van der Waals surface area contributed by atoms with Gasteiger partial charge in [-0.3, -0.25) is 14.4 Å². The van der Waals surface area contributed by atoms with Gasteiger partial charge in [0.25, 0.3) is 5.91 Å². The maximum atomic E-state index is 12.5. The van der Waals surface area contributed by atoms with E-state index >= 15 is 0 Å². The van der Waals surface area contributed by atoms with Crippen LogP contribution in [0.25, 0.3) is 0 Å². The van der Waals surface area contributed by atoms with Gasteiger partial charge in [0, 0.05) is 26.1 Å². The van der Waals surface area contributed by atoms with Crippen LogP contribution in [0.4, 0.5) is 0 Å². The zero-order valence-electron chi connectivity index (χ0n) is 17.9. The van der Waals surface area contributed by atoms with Gasteiger partial charge in [0.2, 0.25) is 5.91 Å². The summed E-state index contributed by atoms with van der Waals surface area (Å²) in [5.74, 6) is -0.756. The van der Waals surface area contributed by atoms with Crippen molar-refractivity contribution in [1.29, 1.82) is 0 Å². The molecule has 0 spiro atoms. The van der Waals surface area contributed by atoms with E-state index in [9.17, 15) is 14.4 Å². The lowest BCUT2D eigenvalue weighted by molar-refractivity contribution is -0.158. The van der Waals surface area contributed by atoms with E-state index in [2.05, 4.69) is 5.32 Å². The fourth-order valence-electron chi connectivity index (χ4n) is 3.46. The first-order valence-electron chi connectivity index (χ1n) is 10.4. The van der Waals surface area contributed by atoms with Crippen molar-refractivity contribution in [3.05, 3.63) is 65.7 Å². The topological polar surface area (TPSA) is 84.9 Å². The molecule has 0 radical (unpaired) electrons. The Morgan fingerprint density at radius 1 is 1.10 bits per heavy atom. The number of nitrogens with zero attached hydrogens (tertiary/aromatic N) is 1. The van der Waals surface area contributed by atoms with E-state index in [0.717, 1.165) is 23.3 Å². The van der Waals surface area contributed by atoms with Crippen LogP contribution in [-0.4, -0.2) is 49.0 Å². The molecule has 1 fully saturated rings. The number of esters is 1. The van der Waals surface area contributed by atoms with Crippen LogP contribution < -0.4 is 10.1 Å². The summed E-state index contributed by atoms with van der Waals surface area (Å²) in [6.45, 7) is 2.74. The third-order valence-electron chi connectivity index (χ3n) is 5.35. The van der Waals surface area contributed by atoms with Gasteiger partial charge < -0.3 is 19.7 Å². The van der Waals surface area contributed by atoms with Crippen LogP contribution in [-0.2, 0) is 32.1 Å². The highest BCUT2D eigenvalue weighted by Gasteiger charge is 2.36. The molecule has 0 aliphatic carbocycles. The molecule has 0 bridgehead atoms. The molecule has 1 N–H and O–H groups in total. The number of hydrogen-bond acceptors (Lipinski definition) is 5. The summed E-state index contributed by atoms with van der Waals surface area (Å²) in [5.41, 5.74) is 2.05. The maximum Gasteiger partial charge on any atom is 0.312 e.